The van der Waals surface area contributed by atoms with Crippen LogP contribution in [0.5, 0.6) is 5.88 Å². The van der Waals surface area contributed by atoms with E-state index in [0.717, 1.165) is 50.2 Å². The number of carbonyl (C=O) groups excluding carboxylic acids is 1. The molecule has 148 valence electrons. The molecule has 0 spiro atoms. The molecule has 1 amide bonds. The van der Waals surface area contributed by atoms with E-state index >= 15 is 0 Å². The number of methoxy groups -OCH3 is 1. The van der Waals surface area contributed by atoms with Crippen LogP contribution in [-0.4, -0.2) is 54.3 Å². The number of ether oxygens (including phenoxy) is 1. The molecule has 0 N–H and O–H groups in total. The van der Waals surface area contributed by atoms with E-state index < -0.39 is 5.41 Å². The van der Waals surface area contributed by atoms with Gasteiger partial charge in [0.15, 0.2) is 5.82 Å². The van der Waals surface area contributed by atoms with E-state index in [1.54, 1.807) is 7.11 Å². The smallest absolute Gasteiger partial charge is 0.233 e. The highest BCUT2D eigenvalue weighted by Gasteiger charge is 2.45. The monoisotopic (exact) mass is 400 g/mol. The maximum atomic E-state index is 13.6. The minimum atomic E-state index is -0.396. The number of rotatable bonds is 4. The average Bonchev–Trinajstić information content (AvgIpc) is 3.25. The summed E-state index contributed by atoms with van der Waals surface area (Å²) < 4.78 is 5.07. The quantitative estimate of drug-likeness (QED) is 0.788. The van der Waals surface area contributed by atoms with Gasteiger partial charge in [-0.3, -0.25) is 4.79 Å². The van der Waals surface area contributed by atoms with E-state index in [1.807, 2.05) is 41.3 Å². The predicted molar refractivity (Wildman–Crippen MR) is 109 cm³/mol. The molecule has 1 aromatic carbocycles. The molecule has 1 aliphatic heterocycles. The summed E-state index contributed by atoms with van der Waals surface area (Å²) in [6.45, 7) is 2.90. The molecule has 2 heterocycles. The Morgan fingerprint density at radius 2 is 1.68 bits per heavy atom. The first-order valence-electron chi connectivity index (χ1n) is 9.80. The molecule has 1 aliphatic carbocycles. The Hall–Kier alpha value is -2.34. The van der Waals surface area contributed by atoms with Gasteiger partial charge in [0.05, 0.1) is 12.5 Å². The second-order valence-corrected chi connectivity index (χ2v) is 7.95. The van der Waals surface area contributed by atoms with Crippen LogP contribution in [0, 0.1) is 0 Å². The van der Waals surface area contributed by atoms with Crippen LogP contribution < -0.4 is 9.64 Å². The third-order valence-corrected chi connectivity index (χ3v) is 6.24. The lowest BCUT2D eigenvalue weighted by atomic mass is 9.77. The Labute approximate surface area is 170 Å². The van der Waals surface area contributed by atoms with Gasteiger partial charge in [-0.05, 0) is 36.6 Å². The molecule has 2 aromatic rings. The van der Waals surface area contributed by atoms with Gasteiger partial charge < -0.3 is 14.5 Å². The molecule has 1 aromatic heterocycles. The van der Waals surface area contributed by atoms with Crippen molar-refractivity contribution >= 4 is 23.3 Å². The van der Waals surface area contributed by atoms with Crippen molar-refractivity contribution in [1.29, 1.82) is 0 Å². The summed E-state index contributed by atoms with van der Waals surface area (Å²) in [7, 11) is 1.58. The van der Waals surface area contributed by atoms with Gasteiger partial charge in [0.2, 0.25) is 11.8 Å². The highest BCUT2D eigenvalue weighted by atomic mass is 35.5. The van der Waals surface area contributed by atoms with E-state index in [0.29, 0.717) is 24.0 Å². The summed E-state index contributed by atoms with van der Waals surface area (Å²) >= 11 is 6.07. The second-order valence-electron chi connectivity index (χ2n) is 7.51. The first-order chi connectivity index (χ1) is 13.6. The van der Waals surface area contributed by atoms with Gasteiger partial charge in [0.1, 0.15) is 0 Å². The van der Waals surface area contributed by atoms with Crippen LogP contribution in [0.3, 0.4) is 0 Å². The van der Waals surface area contributed by atoms with E-state index in [1.165, 1.54) is 0 Å². The molecule has 1 saturated heterocycles. The maximum Gasteiger partial charge on any atom is 0.233 e. The standard InChI is InChI=1S/C21H25ClN4O2/c1-28-19-9-8-18(23-24-19)25-12-14-26(15-13-25)20(27)21(10-2-3-11-21)16-4-6-17(22)7-5-16/h4-9H,2-3,10-15H2,1H3. The van der Waals surface area contributed by atoms with Crippen LogP contribution in [0.4, 0.5) is 5.82 Å². The van der Waals surface area contributed by atoms with E-state index in [2.05, 4.69) is 15.1 Å². The van der Waals surface area contributed by atoms with Crippen molar-refractivity contribution in [2.45, 2.75) is 31.1 Å². The van der Waals surface area contributed by atoms with Gasteiger partial charge in [0, 0.05) is 37.3 Å². The molecule has 7 heteroatoms. The number of benzene rings is 1. The van der Waals surface area contributed by atoms with Crippen molar-refractivity contribution in [1.82, 2.24) is 15.1 Å². The molecule has 0 radical (unpaired) electrons. The minimum absolute atomic E-state index is 0.257. The number of hydrogen-bond acceptors (Lipinski definition) is 5. The molecule has 4 rings (SSSR count). The number of piperazine rings is 1. The largest absolute Gasteiger partial charge is 0.480 e. The average molecular weight is 401 g/mol. The van der Waals surface area contributed by atoms with Gasteiger partial charge in [-0.25, -0.2) is 0 Å². The predicted octanol–water partition coefficient (Wildman–Crippen LogP) is 3.30. The molecule has 0 atom stereocenters. The molecule has 28 heavy (non-hydrogen) atoms. The molecular weight excluding hydrogens is 376 g/mol. The van der Waals surface area contributed by atoms with Crippen molar-refractivity contribution in [2.24, 2.45) is 0 Å². The number of aromatic nitrogens is 2. The fourth-order valence-electron chi connectivity index (χ4n) is 4.41. The lowest BCUT2D eigenvalue weighted by Gasteiger charge is -2.40. The third kappa shape index (κ3) is 3.53. The van der Waals surface area contributed by atoms with Crippen LogP contribution >= 0.6 is 11.6 Å². The first-order valence-corrected chi connectivity index (χ1v) is 10.2. The normalized spacial score (nSPS) is 18.9. The fourth-order valence-corrected chi connectivity index (χ4v) is 4.53. The Balaban J connectivity index is 1.47. The van der Waals surface area contributed by atoms with Crippen LogP contribution in [0.2, 0.25) is 5.02 Å². The number of halogens is 1. The molecule has 0 unspecified atom stereocenters. The van der Waals surface area contributed by atoms with Crippen molar-refractivity contribution in [3.8, 4) is 5.88 Å². The summed E-state index contributed by atoms with van der Waals surface area (Å²) in [6.07, 6.45) is 4.01. The summed E-state index contributed by atoms with van der Waals surface area (Å²) in [5.74, 6) is 1.58. The summed E-state index contributed by atoms with van der Waals surface area (Å²) in [4.78, 5) is 17.8. The van der Waals surface area contributed by atoms with Crippen LogP contribution in [0.25, 0.3) is 0 Å². The van der Waals surface area contributed by atoms with Gasteiger partial charge >= 0.3 is 0 Å². The zero-order valence-corrected chi connectivity index (χ0v) is 16.9. The van der Waals surface area contributed by atoms with Gasteiger partial charge in [-0.1, -0.05) is 36.6 Å². The number of anilines is 1. The van der Waals surface area contributed by atoms with E-state index in [4.69, 9.17) is 16.3 Å². The van der Waals surface area contributed by atoms with Gasteiger partial charge in [-0.2, -0.15) is 0 Å². The zero-order chi connectivity index (χ0) is 19.6. The Morgan fingerprint density at radius 3 is 2.25 bits per heavy atom. The van der Waals surface area contributed by atoms with E-state index in [9.17, 15) is 4.79 Å². The second kappa shape index (κ2) is 7.95. The first kappa shape index (κ1) is 19.0. The Kier molecular flexibility index (Phi) is 5.40. The maximum absolute atomic E-state index is 13.6. The van der Waals surface area contributed by atoms with Gasteiger partial charge in [0.25, 0.3) is 0 Å². The van der Waals surface area contributed by atoms with E-state index in [-0.39, 0.29) is 5.91 Å². The number of amides is 1. The van der Waals surface area contributed by atoms with Crippen molar-refractivity contribution in [2.75, 3.05) is 38.2 Å². The minimum Gasteiger partial charge on any atom is -0.480 e. The number of carbonyl (C=O) groups is 1. The zero-order valence-electron chi connectivity index (χ0n) is 16.1. The fraction of sp³-hybridized carbons (Fsp3) is 0.476. The number of hydrogen-bond donors (Lipinski definition) is 0. The Bertz CT molecular complexity index is 811. The van der Waals surface area contributed by atoms with Gasteiger partial charge in [-0.15, -0.1) is 10.2 Å². The highest BCUT2D eigenvalue weighted by Crippen LogP contribution is 2.43. The summed E-state index contributed by atoms with van der Waals surface area (Å²) in [6, 6.07) is 11.6. The molecular formula is C21H25ClN4O2. The van der Waals surface area contributed by atoms with Crippen LogP contribution in [-0.2, 0) is 10.2 Å². The van der Waals surface area contributed by atoms with Crippen LogP contribution in [0.1, 0.15) is 31.2 Å². The van der Waals surface area contributed by atoms with Crippen molar-refractivity contribution < 1.29 is 9.53 Å². The van der Waals surface area contributed by atoms with Crippen molar-refractivity contribution in [3.05, 3.63) is 47.0 Å². The summed E-state index contributed by atoms with van der Waals surface area (Å²) in [5.41, 5.74) is 0.704. The van der Waals surface area contributed by atoms with Crippen LogP contribution in [0.15, 0.2) is 36.4 Å². The SMILES string of the molecule is COc1ccc(N2CCN(C(=O)C3(c4ccc(Cl)cc4)CCCC3)CC2)nn1. The highest BCUT2D eigenvalue weighted by molar-refractivity contribution is 6.30. The number of nitrogens with zero attached hydrogens (tertiary/aromatic N) is 4. The molecule has 6 nitrogen and oxygen atoms in total. The lowest BCUT2D eigenvalue weighted by molar-refractivity contribution is -0.137. The molecule has 1 saturated carbocycles. The Morgan fingerprint density at radius 1 is 1.00 bits per heavy atom. The van der Waals surface area contributed by atoms with Crippen molar-refractivity contribution in [3.63, 3.8) is 0 Å². The topological polar surface area (TPSA) is 58.6 Å². The third-order valence-electron chi connectivity index (χ3n) is 5.99. The molecule has 0 bridgehead atoms. The molecule has 2 aliphatic rings. The molecule has 2 fully saturated rings. The lowest BCUT2D eigenvalue weighted by Crippen LogP contribution is -2.54. The summed E-state index contributed by atoms with van der Waals surface area (Å²) in [5, 5.41) is 8.97.